The van der Waals surface area contributed by atoms with Crippen LogP contribution >= 0.6 is 27.3 Å². The fraction of sp³-hybridized carbons (Fsp3) is 0.125. The lowest BCUT2D eigenvalue weighted by atomic mass is 10.4. The first kappa shape index (κ1) is 10.3. The molecule has 5 nitrogen and oxygen atoms in total. The van der Waals surface area contributed by atoms with Crippen molar-refractivity contribution < 1.29 is 0 Å². The molecule has 0 saturated heterocycles. The van der Waals surface area contributed by atoms with Gasteiger partial charge in [-0.05, 0) is 15.9 Å². The van der Waals surface area contributed by atoms with Crippen LogP contribution in [0.3, 0.4) is 0 Å². The Kier molecular flexibility index (Phi) is 3.12. The Morgan fingerprint density at radius 3 is 3.07 bits per heavy atom. The summed E-state index contributed by atoms with van der Waals surface area (Å²) in [5.41, 5.74) is 0.847. The van der Waals surface area contributed by atoms with Crippen LogP contribution in [-0.2, 0) is 6.54 Å². The van der Waals surface area contributed by atoms with Crippen LogP contribution in [-0.4, -0.2) is 15.0 Å². The monoisotopic (exact) mass is 286 g/mol. The third-order valence-electron chi connectivity index (χ3n) is 1.66. The zero-order valence-corrected chi connectivity index (χ0v) is 9.93. The molecule has 0 unspecified atom stereocenters. The van der Waals surface area contributed by atoms with Gasteiger partial charge in [0, 0.05) is 17.1 Å². The molecule has 0 bridgehead atoms. The highest BCUT2D eigenvalue weighted by Gasteiger charge is 1.98. The second kappa shape index (κ2) is 4.54. The minimum Gasteiger partial charge on any atom is -0.364 e. The molecule has 0 fully saturated rings. The number of rotatable bonds is 3. The van der Waals surface area contributed by atoms with E-state index in [0.717, 1.165) is 21.6 Å². The summed E-state index contributed by atoms with van der Waals surface area (Å²) >= 11 is 4.40. The van der Waals surface area contributed by atoms with E-state index >= 15 is 0 Å². The van der Waals surface area contributed by atoms with Crippen molar-refractivity contribution in [3.05, 3.63) is 37.7 Å². The number of nitrogens with one attached hydrogen (secondary N) is 2. The maximum absolute atomic E-state index is 10.9. The van der Waals surface area contributed by atoms with Gasteiger partial charge in [-0.1, -0.05) is 11.3 Å². The highest BCUT2D eigenvalue weighted by molar-refractivity contribution is 9.10. The molecule has 7 heteroatoms. The van der Waals surface area contributed by atoms with Gasteiger partial charge in [-0.2, -0.15) is 0 Å². The van der Waals surface area contributed by atoms with Crippen molar-refractivity contribution in [2.24, 2.45) is 0 Å². The zero-order valence-electron chi connectivity index (χ0n) is 7.53. The van der Waals surface area contributed by atoms with Gasteiger partial charge in [-0.15, -0.1) is 0 Å². The van der Waals surface area contributed by atoms with Gasteiger partial charge in [0.2, 0.25) is 0 Å². The highest BCUT2D eigenvalue weighted by atomic mass is 79.9. The van der Waals surface area contributed by atoms with E-state index in [1.807, 2.05) is 0 Å². The first-order valence-corrected chi connectivity index (χ1v) is 5.79. The molecular weight excluding hydrogens is 280 g/mol. The first-order chi connectivity index (χ1) is 7.24. The summed E-state index contributed by atoms with van der Waals surface area (Å²) in [5, 5.41) is 4.85. The van der Waals surface area contributed by atoms with Crippen LogP contribution in [0.2, 0.25) is 0 Å². The standard InChI is InChI=1S/C8H7BrN4OS/c9-6-1-7(12-4-11-6)10-2-5-3-15-8(14)13-5/h1,3-4H,2H2,(H,13,14)(H,10,11,12). The van der Waals surface area contributed by atoms with Crippen LogP contribution in [0.25, 0.3) is 0 Å². The summed E-state index contributed by atoms with van der Waals surface area (Å²) in [6, 6.07) is 1.77. The van der Waals surface area contributed by atoms with E-state index in [2.05, 4.69) is 36.2 Å². The molecule has 0 atom stereocenters. The van der Waals surface area contributed by atoms with E-state index in [1.165, 1.54) is 6.33 Å². The molecule has 0 amide bonds. The molecule has 0 aromatic carbocycles. The topological polar surface area (TPSA) is 70.7 Å². The van der Waals surface area contributed by atoms with Gasteiger partial charge in [0.1, 0.15) is 16.7 Å². The summed E-state index contributed by atoms with van der Waals surface area (Å²) in [6.45, 7) is 0.544. The normalized spacial score (nSPS) is 10.2. The average Bonchev–Trinajstić information content (AvgIpc) is 2.62. The summed E-state index contributed by atoms with van der Waals surface area (Å²) in [6.07, 6.45) is 1.46. The second-order valence-corrected chi connectivity index (χ2v) is 4.41. The Hall–Kier alpha value is -1.21. The summed E-state index contributed by atoms with van der Waals surface area (Å²) in [5.74, 6) is 0.712. The SMILES string of the molecule is O=c1[nH]c(CNc2cc(Br)ncn2)cs1. The van der Waals surface area contributed by atoms with Crippen LogP contribution in [0, 0.1) is 0 Å². The molecule has 0 radical (unpaired) electrons. The van der Waals surface area contributed by atoms with Gasteiger partial charge < -0.3 is 10.3 Å². The molecule has 2 aromatic heterocycles. The Morgan fingerprint density at radius 1 is 1.53 bits per heavy atom. The van der Waals surface area contributed by atoms with Gasteiger partial charge in [0.25, 0.3) is 0 Å². The minimum absolute atomic E-state index is 0.0457. The van der Waals surface area contributed by atoms with Crippen molar-refractivity contribution in [2.45, 2.75) is 6.54 Å². The quantitative estimate of drug-likeness (QED) is 0.841. The summed E-state index contributed by atoms with van der Waals surface area (Å²) < 4.78 is 0.721. The van der Waals surface area contributed by atoms with Crippen molar-refractivity contribution in [3.8, 4) is 0 Å². The number of aromatic amines is 1. The molecule has 0 aliphatic carbocycles. The van der Waals surface area contributed by atoms with Crippen molar-refractivity contribution in [2.75, 3.05) is 5.32 Å². The maximum atomic E-state index is 10.9. The van der Waals surface area contributed by atoms with Crippen LogP contribution < -0.4 is 10.2 Å². The van der Waals surface area contributed by atoms with Crippen molar-refractivity contribution in [3.63, 3.8) is 0 Å². The number of hydrogen-bond acceptors (Lipinski definition) is 5. The highest BCUT2D eigenvalue weighted by Crippen LogP contribution is 2.10. The molecular formula is C8H7BrN4OS. The molecule has 2 N–H and O–H groups in total. The lowest BCUT2D eigenvalue weighted by Gasteiger charge is -2.02. The van der Waals surface area contributed by atoms with Gasteiger partial charge in [0.15, 0.2) is 0 Å². The van der Waals surface area contributed by atoms with Gasteiger partial charge >= 0.3 is 4.87 Å². The van der Waals surface area contributed by atoms with Crippen LogP contribution in [0.4, 0.5) is 5.82 Å². The summed E-state index contributed by atoms with van der Waals surface area (Å²) in [4.78, 5) is 21.4. The third kappa shape index (κ3) is 2.87. The molecule has 78 valence electrons. The number of anilines is 1. The van der Waals surface area contributed by atoms with E-state index in [-0.39, 0.29) is 4.87 Å². The predicted molar refractivity (Wildman–Crippen MR) is 62.0 cm³/mol. The number of thiazole rings is 1. The van der Waals surface area contributed by atoms with Gasteiger partial charge in [0.05, 0.1) is 6.54 Å². The molecule has 0 aliphatic heterocycles. The molecule has 15 heavy (non-hydrogen) atoms. The first-order valence-electron chi connectivity index (χ1n) is 4.12. The largest absolute Gasteiger partial charge is 0.364 e. The molecule has 0 aliphatic rings. The fourth-order valence-corrected chi connectivity index (χ4v) is 1.91. The minimum atomic E-state index is -0.0457. The average molecular weight is 287 g/mol. The number of halogens is 1. The lowest BCUT2D eigenvalue weighted by molar-refractivity contribution is 1.02. The number of nitrogens with zero attached hydrogens (tertiary/aromatic N) is 2. The third-order valence-corrected chi connectivity index (χ3v) is 2.82. The van der Waals surface area contributed by atoms with E-state index in [9.17, 15) is 4.79 Å². The maximum Gasteiger partial charge on any atom is 0.304 e. The van der Waals surface area contributed by atoms with Gasteiger partial charge in [-0.25, -0.2) is 9.97 Å². The lowest BCUT2D eigenvalue weighted by Crippen LogP contribution is -2.04. The molecule has 0 spiro atoms. The molecule has 2 aromatic rings. The zero-order chi connectivity index (χ0) is 10.7. The molecule has 2 heterocycles. The number of hydrogen-bond donors (Lipinski definition) is 2. The fourth-order valence-electron chi connectivity index (χ4n) is 1.02. The van der Waals surface area contributed by atoms with Crippen LogP contribution in [0.1, 0.15) is 5.69 Å². The Balaban J connectivity index is 2.02. The van der Waals surface area contributed by atoms with E-state index in [4.69, 9.17) is 0 Å². The van der Waals surface area contributed by atoms with E-state index < -0.39 is 0 Å². The molecule has 2 rings (SSSR count). The van der Waals surface area contributed by atoms with Crippen LogP contribution in [0.15, 0.2) is 27.2 Å². The number of H-pyrrole nitrogens is 1. The van der Waals surface area contributed by atoms with Crippen molar-refractivity contribution >= 4 is 33.1 Å². The van der Waals surface area contributed by atoms with E-state index in [0.29, 0.717) is 12.4 Å². The Labute approximate surface area is 97.7 Å². The second-order valence-electron chi connectivity index (χ2n) is 2.75. The van der Waals surface area contributed by atoms with Gasteiger partial charge in [-0.3, -0.25) is 4.79 Å². The summed E-state index contributed by atoms with van der Waals surface area (Å²) in [7, 11) is 0. The van der Waals surface area contributed by atoms with Crippen molar-refractivity contribution in [1.82, 2.24) is 15.0 Å². The Morgan fingerprint density at radius 2 is 2.40 bits per heavy atom. The Bertz CT molecular complexity index is 509. The number of aromatic nitrogens is 3. The smallest absolute Gasteiger partial charge is 0.304 e. The van der Waals surface area contributed by atoms with Crippen molar-refractivity contribution in [1.29, 1.82) is 0 Å². The van der Waals surface area contributed by atoms with Crippen LogP contribution in [0.5, 0.6) is 0 Å². The van der Waals surface area contributed by atoms with E-state index in [1.54, 1.807) is 11.4 Å². The molecule has 0 saturated carbocycles. The predicted octanol–water partition coefficient (Wildman–Crippen LogP) is 1.60.